The topological polar surface area (TPSA) is 64.3 Å². The Labute approximate surface area is 100.0 Å². The Morgan fingerprint density at radius 1 is 1.59 bits per heavy atom. The summed E-state index contributed by atoms with van der Waals surface area (Å²) >= 11 is 0. The Kier molecular flexibility index (Phi) is 5.59. The fourth-order valence-corrected chi connectivity index (χ4v) is 1.38. The van der Waals surface area contributed by atoms with Gasteiger partial charge in [-0.25, -0.2) is 4.39 Å². The molecule has 0 radical (unpaired) electrons. The maximum Gasteiger partial charge on any atom is 0.241 e. The molecule has 0 bridgehead atoms. The second-order valence-corrected chi connectivity index (χ2v) is 3.74. The van der Waals surface area contributed by atoms with Crippen LogP contribution in [0.1, 0.15) is 12.8 Å². The summed E-state index contributed by atoms with van der Waals surface area (Å²) < 4.78 is 17.7. The zero-order valence-electron chi connectivity index (χ0n) is 9.78. The molecule has 1 aromatic carbocycles. The van der Waals surface area contributed by atoms with E-state index in [4.69, 9.17) is 10.5 Å². The minimum absolute atomic E-state index is 0.313. The highest BCUT2D eigenvalue weighted by Gasteiger charge is 2.13. The molecule has 0 saturated heterocycles. The second kappa shape index (κ2) is 6.98. The quantitative estimate of drug-likeness (QED) is 0.741. The van der Waals surface area contributed by atoms with Gasteiger partial charge in [0.1, 0.15) is 5.82 Å². The van der Waals surface area contributed by atoms with E-state index < -0.39 is 11.9 Å². The van der Waals surface area contributed by atoms with Crippen molar-refractivity contribution in [3.05, 3.63) is 30.1 Å². The van der Waals surface area contributed by atoms with Crippen LogP contribution in [0, 0.1) is 5.82 Å². The molecule has 5 heteroatoms. The van der Waals surface area contributed by atoms with Crippen LogP contribution < -0.4 is 11.1 Å². The Hall–Kier alpha value is -1.46. The van der Waals surface area contributed by atoms with Crippen LogP contribution in [0.5, 0.6) is 0 Å². The van der Waals surface area contributed by atoms with Crippen LogP contribution in [0.2, 0.25) is 0 Å². The molecule has 0 aliphatic carbocycles. The summed E-state index contributed by atoms with van der Waals surface area (Å²) in [6.07, 6.45) is 1.25. The monoisotopic (exact) mass is 240 g/mol. The van der Waals surface area contributed by atoms with Gasteiger partial charge in [0.2, 0.25) is 5.91 Å². The van der Waals surface area contributed by atoms with E-state index in [1.165, 1.54) is 18.2 Å². The Morgan fingerprint density at radius 2 is 2.35 bits per heavy atom. The lowest BCUT2D eigenvalue weighted by molar-refractivity contribution is -0.117. The third-order valence-electron chi connectivity index (χ3n) is 2.29. The molecule has 3 N–H and O–H groups in total. The average molecular weight is 240 g/mol. The third kappa shape index (κ3) is 4.93. The number of nitrogens with two attached hydrogens (primary N) is 1. The molecule has 0 spiro atoms. The SMILES string of the molecule is COCCCC(N)C(=O)Nc1cccc(F)c1. The largest absolute Gasteiger partial charge is 0.385 e. The molecule has 17 heavy (non-hydrogen) atoms. The van der Waals surface area contributed by atoms with Crippen molar-refractivity contribution < 1.29 is 13.9 Å². The standard InChI is InChI=1S/C12H17FN2O2/c1-17-7-3-6-11(14)12(16)15-10-5-2-4-9(13)8-10/h2,4-5,8,11H,3,6-7,14H2,1H3,(H,15,16). The lowest BCUT2D eigenvalue weighted by Crippen LogP contribution is -2.35. The summed E-state index contributed by atoms with van der Waals surface area (Å²) in [7, 11) is 1.60. The van der Waals surface area contributed by atoms with E-state index in [0.29, 0.717) is 25.1 Å². The summed E-state index contributed by atoms with van der Waals surface area (Å²) in [6, 6.07) is 5.10. The van der Waals surface area contributed by atoms with Crippen LogP contribution in [0.25, 0.3) is 0 Å². The highest BCUT2D eigenvalue weighted by Crippen LogP contribution is 2.09. The number of benzene rings is 1. The minimum Gasteiger partial charge on any atom is -0.385 e. The van der Waals surface area contributed by atoms with E-state index in [9.17, 15) is 9.18 Å². The predicted octanol–water partition coefficient (Wildman–Crippen LogP) is 1.52. The first-order chi connectivity index (χ1) is 8.13. The molecule has 0 aliphatic rings. The van der Waals surface area contributed by atoms with Crippen LogP contribution >= 0.6 is 0 Å². The molecule has 1 rings (SSSR count). The van der Waals surface area contributed by atoms with Crippen molar-refractivity contribution in [1.29, 1.82) is 0 Å². The Bertz CT molecular complexity index is 371. The lowest BCUT2D eigenvalue weighted by atomic mass is 10.1. The van der Waals surface area contributed by atoms with Crippen LogP contribution in [0.15, 0.2) is 24.3 Å². The number of ether oxygens (including phenoxy) is 1. The van der Waals surface area contributed by atoms with Crippen molar-refractivity contribution in [3.63, 3.8) is 0 Å². The van der Waals surface area contributed by atoms with Gasteiger partial charge in [-0.15, -0.1) is 0 Å². The molecule has 0 saturated carbocycles. The molecular weight excluding hydrogens is 223 g/mol. The molecule has 1 amide bonds. The number of amides is 1. The van der Waals surface area contributed by atoms with Gasteiger partial charge < -0.3 is 15.8 Å². The number of methoxy groups -OCH3 is 1. The first kappa shape index (κ1) is 13.6. The fourth-order valence-electron chi connectivity index (χ4n) is 1.38. The van der Waals surface area contributed by atoms with Gasteiger partial charge in [0.05, 0.1) is 6.04 Å². The highest BCUT2D eigenvalue weighted by molar-refractivity contribution is 5.94. The number of nitrogens with one attached hydrogen (secondary N) is 1. The van der Waals surface area contributed by atoms with Crippen molar-refractivity contribution in [2.75, 3.05) is 19.0 Å². The fraction of sp³-hybridized carbons (Fsp3) is 0.417. The number of carbonyl (C=O) groups excluding carboxylic acids is 1. The number of hydrogen-bond acceptors (Lipinski definition) is 3. The van der Waals surface area contributed by atoms with Gasteiger partial charge in [0.25, 0.3) is 0 Å². The Morgan fingerprint density at radius 3 is 3.00 bits per heavy atom. The normalized spacial score (nSPS) is 12.2. The molecule has 0 aromatic heterocycles. The number of halogens is 1. The molecule has 4 nitrogen and oxygen atoms in total. The Balaban J connectivity index is 2.43. The van der Waals surface area contributed by atoms with E-state index >= 15 is 0 Å². The van der Waals surface area contributed by atoms with Crippen molar-refractivity contribution in [1.82, 2.24) is 0 Å². The molecule has 1 atom stereocenters. The van der Waals surface area contributed by atoms with Crippen LogP contribution in [0.4, 0.5) is 10.1 Å². The first-order valence-corrected chi connectivity index (χ1v) is 5.44. The van der Waals surface area contributed by atoms with Crippen molar-refractivity contribution in [2.24, 2.45) is 5.73 Å². The minimum atomic E-state index is -0.603. The molecule has 1 aromatic rings. The first-order valence-electron chi connectivity index (χ1n) is 5.44. The zero-order chi connectivity index (χ0) is 12.7. The van der Waals surface area contributed by atoms with Gasteiger partial charge in [-0.05, 0) is 31.0 Å². The second-order valence-electron chi connectivity index (χ2n) is 3.74. The molecule has 94 valence electrons. The van der Waals surface area contributed by atoms with E-state index in [2.05, 4.69) is 5.32 Å². The maximum absolute atomic E-state index is 12.9. The van der Waals surface area contributed by atoms with E-state index in [1.54, 1.807) is 13.2 Å². The maximum atomic E-state index is 12.9. The van der Waals surface area contributed by atoms with Gasteiger partial charge in [0, 0.05) is 19.4 Å². The number of hydrogen-bond donors (Lipinski definition) is 2. The van der Waals surface area contributed by atoms with Gasteiger partial charge in [-0.2, -0.15) is 0 Å². The van der Waals surface area contributed by atoms with Crippen LogP contribution in [0.3, 0.4) is 0 Å². The summed E-state index contributed by atoms with van der Waals surface area (Å²) in [6.45, 7) is 0.570. The van der Waals surface area contributed by atoms with Gasteiger partial charge in [-0.3, -0.25) is 4.79 Å². The molecule has 0 fully saturated rings. The van der Waals surface area contributed by atoms with Gasteiger partial charge in [-0.1, -0.05) is 6.07 Å². The summed E-state index contributed by atoms with van der Waals surface area (Å²) in [5.74, 6) is -0.706. The van der Waals surface area contributed by atoms with Crippen molar-refractivity contribution in [3.8, 4) is 0 Å². The van der Waals surface area contributed by atoms with E-state index in [1.807, 2.05) is 0 Å². The number of carbonyl (C=O) groups is 1. The molecule has 1 unspecified atom stereocenters. The van der Waals surface area contributed by atoms with E-state index in [0.717, 1.165) is 0 Å². The van der Waals surface area contributed by atoms with Gasteiger partial charge in [0.15, 0.2) is 0 Å². The highest BCUT2D eigenvalue weighted by atomic mass is 19.1. The molecule has 0 heterocycles. The predicted molar refractivity (Wildman–Crippen MR) is 64.1 cm³/mol. The lowest BCUT2D eigenvalue weighted by Gasteiger charge is -2.11. The average Bonchev–Trinajstić information content (AvgIpc) is 2.29. The third-order valence-corrected chi connectivity index (χ3v) is 2.29. The van der Waals surface area contributed by atoms with Crippen LogP contribution in [-0.4, -0.2) is 25.7 Å². The number of anilines is 1. The molecular formula is C12H17FN2O2. The summed E-state index contributed by atoms with van der Waals surface area (Å²) in [4.78, 5) is 11.6. The molecule has 0 aliphatic heterocycles. The van der Waals surface area contributed by atoms with Crippen molar-refractivity contribution in [2.45, 2.75) is 18.9 Å². The zero-order valence-corrected chi connectivity index (χ0v) is 9.78. The van der Waals surface area contributed by atoms with E-state index in [-0.39, 0.29) is 5.91 Å². The smallest absolute Gasteiger partial charge is 0.241 e. The van der Waals surface area contributed by atoms with Gasteiger partial charge >= 0.3 is 0 Å². The summed E-state index contributed by atoms with van der Waals surface area (Å²) in [5, 5.41) is 2.56. The van der Waals surface area contributed by atoms with Crippen molar-refractivity contribution >= 4 is 11.6 Å². The summed E-state index contributed by atoms with van der Waals surface area (Å²) in [5.41, 5.74) is 6.10. The van der Waals surface area contributed by atoms with Crippen LogP contribution in [-0.2, 0) is 9.53 Å². The number of rotatable bonds is 6.